The molecule has 162 valence electrons. The van der Waals surface area contributed by atoms with Gasteiger partial charge in [0.15, 0.2) is 0 Å². The topological polar surface area (TPSA) is 79.0 Å². The van der Waals surface area contributed by atoms with E-state index in [-0.39, 0.29) is 23.0 Å². The lowest BCUT2D eigenvalue weighted by Gasteiger charge is -2.34. The molecule has 1 aromatic carbocycles. The number of anilines is 1. The normalized spacial score (nSPS) is 25.2. The zero-order valence-corrected chi connectivity index (χ0v) is 18.3. The van der Waals surface area contributed by atoms with Crippen molar-refractivity contribution >= 4 is 21.6 Å². The summed E-state index contributed by atoms with van der Waals surface area (Å²) in [6, 6.07) is 6.44. The number of carbonyl (C=O) groups excluding carboxylic acids is 1. The molecule has 2 unspecified atom stereocenters. The van der Waals surface area contributed by atoms with Crippen LogP contribution in [0, 0.1) is 0 Å². The molecule has 8 heteroatoms. The van der Waals surface area contributed by atoms with Gasteiger partial charge in [-0.15, -0.1) is 0 Å². The van der Waals surface area contributed by atoms with E-state index >= 15 is 0 Å². The summed E-state index contributed by atoms with van der Waals surface area (Å²) < 4.78 is 32.9. The van der Waals surface area contributed by atoms with Crippen molar-refractivity contribution in [3.63, 3.8) is 0 Å². The average molecular weight is 424 g/mol. The average Bonchev–Trinajstić information content (AvgIpc) is 2.63. The Morgan fingerprint density at radius 2 is 1.55 bits per heavy atom. The van der Waals surface area contributed by atoms with Crippen LogP contribution in [0.5, 0.6) is 0 Å². The Labute approximate surface area is 174 Å². The molecule has 0 bridgehead atoms. The Morgan fingerprint density at radius 1 is 1.00 bits per heavy atom. The summed E-state index contributed by atoms with van der Waals surface area (Å²) in [5.74, 6) is -0.0583. The largest absolute Gasteiger partial charge is 0.373 e. The molecule has 2 saturated heterocycles. The third-order valence-electron chi connectivity index (χ3n) is 5.48. The Hall–Kier alpha value is -1.48. The van der Waals surface area contributed by atoms with E-state index in [9.17, 15) is 13.2 Å². The van der Waals surface area contributed by atoms with E-state index in [2.05, 4.69) is 10.2 Å². The van der Waals surface area contributed by atoms with Crippen molar-refractivity contribution in [3.8, 4) is 0 Å². The molecule has 2 atom stereocenters. The number of ether oxygens (including phenoxy) is 1. The van der Waals surface area contributed by atoms with Crippen LogP contribution < -0.4 is 5.32 Å². The van der Waals surface area contributed by atoms with Crippen LogP contribution in [0.15, 0.2) is 29.2 Å². The summed E-state index contributed by atoms with van der Waals surface area (Å²) in [6.45, 7) is 6.75. The minimum Gasteiger partial charge on any atom is -0.373 e. The predicted octanol–water partition coefficient (Wildman–Crippen LogP) is 2.69. The van der Waals surface area contributed by atoms with Gasteiger partial charge in [0, 0.05) is 18.8 Å². The van der Waals surface area contributed by atoms with Crippen molar-refractivity contribution in [1.29, 1.82) is 0 Å². The summed E-state index contributed by atoms with van der Waals surface area (Å²) in [5, 5.41) is 2.89. The molecule has 0 spiro atoms. The van der Waals surface area contributed by atoms with Crippen LogP contribution in [0.2, 0.25) is 0 Å². The van der Waals surface area contributed by atoms with Crippen LogP contribution in [-0.4, -0.2) is 68.5 Å². The monoisotopic (exact) mass is 423 g/mol. The summed E-state index contributed by atoms with van der Waals surface area (Å²) in [5.41, 5.74) is 0.615. The highest BCUT2D eigenvalue weighted by Crippen LogP contribution is 2.22. The van der Waals surface area contributed by atoms with E-state index in [4.69, 9.17) is 4.74 Å². The third-order valence-corrected chi connectivity index (χ3v) is 7.32. The molecule has 0 aromatic heterocycles. The molecule has 1 aromatic rings. The molecule has 0 saturated carbocycles. The minimum absolute atomic E-state index is 0.0583. The van der Waals surface area contributed by atoms with Gasteiger partial charge >= 0.3 is 0 Å². The minimum atomic E-state index is -3.57. The van der Waals surface area contributed by atoms with Gasteiger partial charge in [-0.05, 0) is 64.0 Å². The first-order valence-electron chi connectivity index (χ1n) is 10.6. The lowest BCUT2D eigenvalue weighted by Crippen LogP contribution is -2.48. The lowest BCUT2D eigenvalue weighted by atomic mass is 10.1. The second kappa shape index (κ2) is 10.0. The van der Waals surface area contributed by atoms with Gasteiger partial charge in [0.1, 0.15) is 0 Å². The maximum absolute atomic E-state index is 12.9. The second-order valence-corrected chi connectivity index (χ2v) is 10.1. The number of rotatable bonds is 5. The highest BCUT2D eigenvalue weighted by molar-refractivity contribution is 7.89. The van der Waals surface area contributed by atoms with E-state index in [1.807, 2.05) is 13.8 Å². The molecule has 0 aliphatic carbocycles. The molecule has 2 fully saturated rings. The maximum Gasteiger partial charge on any atom is 0.243 e. The summed E-state index contributed by atoms with van der Waals surface area (Å²) in [7, 11) is -3.57. The number of likely N-dealkylation sites (tertiary alicyclic amines) is 1. The van der Waals surface area contributed by atoms with Crippen molar-refractivity contribution in [2.24, 2.45) is 0 Å². The molecule has 29 heavy (non-hydrogen) atoms. The van der Waals surface area contributed by atoms with Gasteiger partial charge in [-0.1, -0.05) is 19.3 Å². The predicted molar refractivity (Wildman–Crippen MR) is 113 cm³/mol. The number of nitrogens with one attached hydrogen (secondary N) is 1. The third kappa shape index (κ3) is 6.25. The number of morpholine rings is 1. The fourth-order valence-electron chi connectivity index (χ4n) is 4.06. The van der Waals surface area contributed by atoms with E-state index in [0.717, 1.165) is 25.9 Å². The standard InChI is InChI=1S/C21H33N3O4S/c1-17-14-24(15-18(2)28-17)29(26,27)20-10-8-19(9-11-20)22-21(25)16-23-12-6-4-3-5-7-13-23/h8-11,17-18H,3-7,12-16H2,1-2H3,(H,22,25). The first-order chi connectivity index (χ1) is 13.8. The van der Waals surface area contributed by atoms with E-state index in [1.54, 1.807) is 24.3 Å². The van der Waals surface area contributed by atoms with Crippen molar-refractivity contribution in [2.45, 2.75) is 63.1 Å². The van der Waals surface area contributed by atoms with Crippen molar-refractivity contribution < 1.29 is 17.9 Å². The highest BCUT2D eigenvalue weighted by Gasteiger charge is 2.32. The molecule has 3 rings (SSSR count). The molecule has 0 radical (unpaired) electrons. The molecule has 2 heterocycles. The summed E-state index contributed by atoms with van der Waals surface area (Å²) in [6.07, 6.45) is 5.77. The van der Waals surface area contributed by atoms with E-state index in [0.29, 0.717) is 25.3 Å². The number of hydrogen-bond acceptors (Lipinski definition) is 5. The van der Waals surface area contributed by atoms with Crippen LogP contribution in [0.3, 0.4) is 0 Å². The van der Waals surface area contributed by atoms with Crippen LogP contribution in [-0.2, 0) is 19.6 Å². The second-order valence-electron chi connectivity index (χ2n) is 8.20. The first-order valence-corrected chi connectivity index (χ1v) is 12.1. The van der Waals surface area contributed by atoms with Crippen molar-refractivity contribution in [2.75, 3.05) is 38.0 Å². The van der Waals surface area contributed by atoms with Crippen LogP contribution in [0.1, 0.15) is 46.0 Å². The van der Waals surface area contributed by atoms with Crippen LogP contribution >= 0.6 is 0 Å². The summed E-state index contributed by atoms with van der Waals surface area (Å²) in [4.78, 5) is 14.8. The van der Waals surface area contributed by atoms with Gasteiger partial charge in [0.05, 0.1) is 23.6 Å². The number of sulfonamides is 1. The highest BCUT2D eigenvalue weighted by atomic mass is 32.2. The molecule has 1 amide bonds. The molecule has 2 aliphatic heterocycles. The smallest absolute Gasteiger partial charge is 0.243 e. The first kappa shape index (κ1) is 22.2. The van der Waals surface area contributed by atoms with Crippen LogP contribution in [0.4, 0.5) is 5.69 Å². The van der Waals surface area contributed by atoms with Gasteiger partial charge in [-0.25, -0.2) is 8.42 Å². The van der Waals surface area contributed by atoms with E-state index in [1.165, 1.54) is 23.6 Å². The van der Waals surface area contributed by atoms with Gasteiger partial charge in [0.2, 0.25) is 15.9 Å². The van der Waals surface area contributed by atoms with Gasteiger partial charge < -0.3 is 10.1 Å². The number of hydrogen-bond donors (Lipinski definition) is 1. The fraction of sp³-hybridized carbons (Fsp3) is 0.667. The van der Waals surface area contributed by atoms with E-state index < -0.39 is 10.0 Å². The van der Waals surface area contributed by atoms with Crippen LogP contribution in [0.25, 0.3) is 0 Å². The lowest BCUT2D eigenvalue weighted by molar-refractivity contribution is -0.117. The van der Waals surface area contributed by atoms with Gasteiger partial charge in [-0.2, -0.15) is 4.31 Å². The Kier molecular flexibility index (Phi) is 7.67. The SMILES string of the molecule is CC1CN(S(=O)(=O)c2ccc(NC(=O)CN3CCCCCCC3)cc2)CC(C)O1. The molecular formula is C21H33N3O4S. The zero-order chi connectivity index (χ0) is 20.9. The van der Waals surface area contributed by atoms with Gasteiger partial charge in [-0.3, -0.25) is 9.69 Å². The number of benzene rings is 1. The van der Waals surface area contributed by atoms with Crippen molar-refractivity contribution in [3.05, 3.63) is 24.3 Å². The number of carbonyl (C=O) groups is 1. The number of nitrogens with zero attached hydrogens (tertiary/aromatic N) is 2. The Balaban J connectivity index is 1.58. The quantitative estimate of drug-likeness (QED) is 0.788. The molecule has 2 aliphatic rings. The Bertz CT molecular complexity index is 764. The summed E-state index contributed by atoms with van der Waals surface area (Å²) >= 11 is 0. The molecule has 7 nitrogen and oxygen atoms in total. The molecule has 1 N–H and O–H groups in total. The Morgan fingerprint density at radius 3 is 2.14 bits per heavy atom. The van der Waals surface area contributed by atoms with Gasteiger partial charge in [0.25, 0.3) is 0 Å². The van der Waals surface area contributed by atoms with Crippen molar-refractivity contribution in [1.82, 2.24) is 9.21 Å². The molecular weight excluding hydrogens is 390 g/mol. The maximum atomic E-state index is 12.9. The number of amides is 1. The fourth-order valence-corrected chi connectivity index (χ4v) is 5.65. The zero-order valence-electron chi connectivity index (χ0n) is 17.5.